The van der Waals surface area contributed by atoms with E-state index in [9.17, 15) is 4.79 Å². The van der Waals surface area contributed by atoms with Crippen LogP contribution in [0.3, 0.4) is 0 Å². The Hall–Kier alpha value is -4.33. The molecular weight excluding hydrogens is 404 g/mol. The van der Waals surface area contributed by atoms with Gasteiger partial charge in [-0.2, -0.15) is 0 Å². The fourth-order valence-electron chi connectivity index (χ4n) is 3.01. The van der Waals surface area contributed by atoms with E-state index in [0.29, 0.717) is 17.5 Å². The van der Waals surface area contributed by atoms with Gasteiger partial charge in [0.25, 0.3) is 0 Å². The molecule has 0 spiro atoms. The number of nitrogens with zero attached hydrogens (tertiary/aromatic N) is 4. The maximum atomic E-state index is 12.4. The van der Waals surface area contributed by atoms with Gasteiger partial charge in [-0.3, -0.25) is 0 Å². The second kappa shape index (κ2) is 9.65. The molecule has 4 aromatic rings. The number of anilines is 4. The highest BCUT2D eigenvalue weighted by Gasteiger charge is 2.17. The number of ether oxygens (including phenoxy) is 1. The second-order valence-corrected chi connectivity index (χ2v) is 6.91. The average Bonchev–Trinajstić information content (AvgIpc) is 2.81. The molecule has 0 fully saturated rings. The summed E-state index contributed by atoms with van der Waals surface area (Å²) in [5.74, 6) is 1.13. The predicted octanol–water partition coefficient (Wildman–Crippen LogP) is 4.91. The number of carbonyl (C=O) groups is 1. The van der Waals surface area contributed by atoms with Crippen molar-refractivity contribution in [1.29, 1.82) is 0 Å². The van der Waals surface area contributed by atoms with Gasteiger partial charge in [0.1, 0.15) is 23.5 Å². The molecular formula is C24H22N6O2. The summed E-state index contributed by atoms with van der Waals surface area (Å²) in [6.45, 7) is 3.93. The first-order valence-corrected chi connectivity index (χ1v) is 10.1. The van der Waals surface area contributed by atoms with E-state index in [1.54, 1.807) is 6.92 Å². The zero-order chi connectivity index (χ0) is 22.3. The van der Waals surface area contributed by atoms with Crippen LogP contribution >= 0.6 is 0 Å². The van der Waals surface area contributed by atoms with Gasteiger partial charge in [0.2, 0.25) is 0 Å². The van der Waals surface area contributed by atoms with E-state index in [4.69, 9.17) is 4.74 Å². The third kappa shape index (κ3) is 5.04. The van der Waals surface area contributed by atoms with Crippen LogP contribution in [0.2, 0.25) is 0 Å². The van der Waals surface area contributed by atoms with Crippen LogP contribution in [0.5, 0.6) is 0 Å². The number of benzene rings is 2. The lowest BCUT2D eigenvalue weighted by Crippen LogP contribution is -2.11. The van der Waals surface area contributed by atoms with Crippen LogP contribution in [0.4, 0.5) is 23.0 Å². The zero-order valence-corrected chi connectivity index (χ0v) is 17.7. The van der Waals surface area contributed by atoms with Crippen molar-refractivity contribution in [1.82, 2.24) is 19.9 Å². The van der Waals surface area contributed by atoms with Crippen LogP contribution in [-0.4, -0.2) is 32.5 Å². The summed E-state index contributed by atoms with van der Waals surface area (Å²) in [6, 6.07) is 19.0. The largest absolute Gasteiger partial charge is 0.462 e. The molecule has 2 aromatic carbocycles. The van der Waals surface area contributed by atoms with Crippen molar-refractivity contribution < 1.29 is 9.53 Å². The van der Waals surface area contributed by atoms with Gasteiger partial charge in [0.15, 0.2) is 5.82 Å². The summed E-state index contributed by atoms with van der Waals surface area (Å²) >= 11 is 0. The quantitative estimate of drug-likeness (QED) is 0.402. The first-order valence-electron chi connectivity index (χ1n) is 10.1. The van der Waals surface area contributed by atoms with E-state index in [1.165, 1.54) is 12.5 Å². The summed E-state index contributed by atoms with van der Waals surface area (Å²) in [6.07, 6.45) is 3.01. The van der Waals surface area contributed by atoms with Gasteiger partial charge in [0.05, 0.1) is 6.61 Å². The molecule has 160 valence electrons. The highest BCUT2D eigenvalue weighted by molar-refractivity contribution is 5.95. The third-order valence-electron chi connectivity index (χ3n) is 4.54. The molecule has 0 radical (unpaired) electrons. The predicted molar refractivity (Wildman–Crippen MR) is 123 cm³/mol. The van der Waals surface area contributed by atoms with Crippen molar-refractivity contribution >= 4 is 29.0 Å². The lowest BCUT2D eigenvalue weighted by molar-refractivity contribution is 0.0526. The van der Waals surface area contributed by atoms with E-state index in [1.807, 2.05) is 67.6 Å². The maximum absolute atomic E-state index is 12.4. The van der Waals surface area contributed by atoms with Crippen molar-refractivity contribution in [2.45, 2.75) is 13.8 Å². The van der Waals surface area contributed by atoms with Gasteiger partial charge in [0, 0.05) is 34.9 Å². The van der Waals surface area contributed by atoms with Crippen LogP contribution in [0.25, 0.3) is 11.4 Å². The van der Waals surface area contributed by atoms with Crippen molar-refractivity contribution in [2.24, 2.45) is 0 Å². The number of esters is 1. The van der Waals surface area contributed by atoms with E-state index in [2.05, 4.69) is 30.6 Å². The maximum Gasteiger partial charge on any atom is 0.343 e. The number of hydrogen-bond acceptors (Lipinski definition) is 8. The minimum absolute atomic E-state index is 0.265. The fraction of sp³-hybridized carbons (Fsp3) is 0.125. The van der Waals surface area contributed by atoms with Crippen LogP contribution in [0.1, 0.15) is 23.0 Å². The summed E-state index contributed by atoms with van der Waals surface area (Å²) < 4.78 is 5.17. The molecule has 0 unspecified atom stereocenters. The Bertz CT molecular complexity index is 1210. The van der Waals surface area contributed by atoms with Gasteiger partial charge in [-0.05, 0) is 38.1 Å². The first kappa shape index (κ1) is 20.9. The molecule has 0 bridgehead atoms. The Kier molecular flexibility index (Phi) is 6.31. The Morgan fingerprint density at radius 2 is 1.66 bits per heavy atom. The van der Waals surface area contributed by atoms with Gasteiger partial charge in [-0.25, -0.2) is 24.7 Å². The van der Waals surface area contributed by atoms with E-state index in [0.717, 1.165) is 22.6 Å². The molecule has 2 heterocycles. The standard InChI is InChI=1S/C24H22N6O2/c1-3-32-24(31)20-14-25-22(17-7-5-4-6-8-17)30-23(20)29-19-11-9-18(10-12-19)28-21-13-16(2)26-15-27-21/h4-15H,3H2,1-2H3,(H,25,29,30)(H,26,27,28). The number of rotatable bonds is 7. The Labute approximate surface area is 185 Å². The normalized spacial score (nSPS) is 10.4. The van der Waals surface area contributed by atoms with Crippen molar-refractivity contribution in [3.63, 3.8) is 0 Å². The van der Waals surface area contributed by atoms with Crippen molar-refractivity contribution in [3.05, 3.63) is 84.4 Å². The smallest absolute Gasteiger partial charge is 0.343 e. The van der Waals surface area contributed by atoms with Gasteiger partial charge in [-0.15, -0.1) is 0 Å². The van der Waals surface area contributed by atoms with Crippen LogP contribution in [0.15, 0.2) is 73.2 Å². The molecule has 32 heavy (non-hydrogen) atoms. The summed E-state index contributed by atoms with van der Waals surface area (Å²) in [7, 11) is 0. The molecule has 2 N–H and O–H groups in total. The van der Waals surface area contributed by atoms with Crippen LogP contribution in [-0.2, 0) is 4.74 Å². The lowest BCUT2D eigenvalue weighted by atomic mass is 10.2. The number of carbonyl (C=O) groups excluding carboxylic acids is 1. The molecule has 4 rings (SSSR count). The number of hydrogen-bond donors (Lipinski definition) is 2. The molecule has 8 heteroatoms. The fourth-order valence-corrected chi connectivity index (χ4v) is 3.01. The zero-order valence-electron chi connectivity index (χ0n) is 17.7. The molecule has 0 aliphatic rings. The number of aromatic nitrogens is 4. The average molecular weight is 426 g/mol. The summed E-state index contributed by atoms with van der Waals surface area (Å²) in [4.78, 5) is 29.7. The molecule has 0 saturated heterocycles. The SMILES string of the molecule is CCOC(=O)c1cnc(-c2ccccc2)nc1Nc1ccc(Nc2cc(C)ncn2)cc1. The first-order chi connectivity index (χ1) is 15.6. The topological polar surface area (TPSA) is 102 Å². The van der Waals surface area contributed by atoms with Crippen molar-refractivity contribution in [3.8, 4) is 11.4 Å². The van der Waals surface area contributed by atoms with E-state index >= 15 is 0 Å². The second-order valence-electron chi connectivity index (χ2n) is 6.91. The Morgan fingerprint density at radius 3 is 2.34 bits per heavy atom. The Morgan fingerprint density at radius 1 is 0.938 bits per heavy atom. The van der Waals surface area contributed by atoms with E-state index < -0.39 is 5.97 Å². The minimum atomic E-state index is -0.480. The summed E-state index contributed by atoms with van der Waals surface area (Å²) in [5, 5.41) is 6.45. The van der Waals surface area contributed by atoms with Crippen molar-refractivity contribution in [2.75, 3.05) is 17.2 Å². The number of aryl methyl sites for hydroxylation is 1. The highest BCUT2D eigenvalue weighted by Crippen LogP contribution is 2.25. The molecule has 8 nitrogen and oxygen atoms in total. The summed E-state index contributed by atoms with van der Waals surface area (Å²) in [5.41, 5.74) is 3.63. The molecule has 0 amide bonds. The highest BCUT2D eigenvalue weighted by atomic mass is 16.5. The Balaban J connectivity index is 1.59. The molecule has 0 aliphatic carbocycles. The van der Waals surface area contributed by atoms with Gasteiger partial charge < -0.3 is 15.4 Å². The lowest BCUT2D eigenvalue weighted by Gasteiger charge is -2.13. The number of nitrogens with one attached hydrogen (secondary N) is 2. The van der Waals surface area contributed by atoms with Gasteiger partial charge in [-0.1, -0.05) is 30.3 Å². The third-order valence-corrected chi connectivity index (χ3v) is 4.54. The van der Waals surface area contributed by atoms with Gasteiger partial charge >= 0.3 is 5.97 Å². The monoisotopic (exact) mass is 426 g/mol. The molecule has 2 aromatic heterocycles. The molecule has 0 atom stereocenters. The molecule has 0 aliphatic heterocycles. The van der Waals surface area contributed by atoms with E-state index in [-0.39, 0.29) is 12.2 Å². The van der Waals surface area contributed by atoms with Crippen LogP contribution in [0, 0.1) is 6.92 Å². The molecule has 0 saturated carbocycles. The van der Waals surface area contributed by atoms with Crippen LogP contribution < -0.4 is 10.6 Å². The minimum Gasteiger partial charge on any atom is -0.462 e.